The van der Waals surface area contributed by atoms with Crippen LogP contribution in [0.2, 0.25) is 0 Å². The van der Waals surface area contributed by atoms with Crippen LogP contribution >= 0.6 is 0 Å². The molecule has 0 radical (unpaired) electrons. The molecule has 0 amide bonds. The summed E-state index contributed by atoms with van der Waals surface area (Å²) in [5.41, 5.74) is 1.30. The number of nitrogens with zero attached hydrogens (tertiary/aromatic N) is 2. The smallest absolute Gasteiger partial charge is 0.0946 e. The molecule has 2 fully saturated rings. The van der Waals surface area contributed by atoms with Crippen LogP contribution in [0.15, 0.2) is 12.5 Å². The minimum atomic E-state index is 0.750. The van der Waals surface area contributed by atoms with Gasteiger partial charge in [0.1, 0.15) is 0 Å². The van der Waals surface area contributed by atoms with Crippen LogP contribution in [0.25, 0.3) is 0 Å². The second kappa shape index (κ2) is 7.72. The summed E-state index contributed by atoms with van der Waals surface area (Å²) in [7, 11) is 2.04. The monoisotopic (exact) mass is 262 g/mol. The Hall–Kier alpha value is -0.790. The van der Waals surface area contributed by atoms with E-state index in [1.807, 2.05) is 17.9 Å². The van der Waals surface area contributed by atoms with Crippen molar-refractivity contribution in [2.24, 2.45) is 13.0 Å². The van der Waals surface area contributed by atoms with E-state index in [4.69, 9.17) is 0 Å². The van der Waals surface area contributed by atoms with Crippen LogP contribution in [-0.4, -0.2) is 9.55 Å². The first kappa shape index (κ1) is 14.6. The van der Waals surface area contributed by atoms with Gasteiger partial charge in [-0.1, -0.05) is 58.3 Å². The lowest BCUT2D eigenvalue weighted by Gasteiger charge is -2.19. The largest absolute Gasteiger partial charge is 0.340 e. The van der Waals surface area contributed by atoms with E-state index in [9.17, 15) is 0 Å². The highest BCUT2D eigenvalue weighted by molar-refractivity contribution is 5.05. The average Bonchev–Trinajstić information content (AvgIpc) is 2.88. The van der Waals surface area contributed by atoms with Crippen molar-refractivity contribution in [2.75, 3.05) is 0 Å². The van der Waals surface area contributed by atoms with Gasteiger partial charge in [-0.25, -0.2) is 4.98 Å². The molecule has 2 aliphatic carbocycles. The molecule has 0 unspecified atom stereocenters. The Morgan fingerprint density at radius 1 is 0.947 bits per heavy atom. The lowest BCUT2D eigenvalue weighted by Crippen LogP contribution is -2.04. The van der Waals surface area contributed by atoms with Gasteiger partial charge < -0.3 is 4.57 Å². The fourth-order valence-electron chi connectivity index (χ4n) is 3.35. The Labute approximate surface area is 118 Å². The summed E-state index contributed by atoms with van der Waals surface area (Å²) in [6.07, 6.45) is 18.4. The average molecular weight is 262 g/mol. The van der Waals surface area contributed by atoms with Crippen LogP contribution in [0, 0.1) is 5.92 Å². The number of hydrogen-bond donors (Lipinski definition) is 0. The van der Waals surface area contributed by atoms with E-state index >= 15 is 0 Å². The summed E-state index contributed by atoms with van der Waals surface area (Å²) in [6, 6.07) is 0. The third-order valence-corrected chi connectivity index (χ3v) is 4.64. The molecule has 2 aliphatic rings. The van der Waals surface area contributed by atoms with Gasteiger partial charge in [-0.05, 0) is 18.8 Å². The highest BCUT2D eigenvalue weighted by atomic mass is 15.0. The molecule has 19 heavy (non-hydrogen) atoms. The fourth-order valence-corrected chi connectivity index (χ4v) is 3.35. The van der Waals surface area contributed by atoms with E-state index in [-0.39, 0.29) is 0 Å². The summed E-state index contributed by atoms with van der Waals surface area (Å²) in [5, 5.41) is 0. The van der Waals surface area contributed by atoms with Crippen LogP contribution in [-0.2, 0) is 7.05 Å². The van der Waals surface area contributed by atoms with Gasteiger partial charge >= 0.3 is 0 Å². The Morgan fingerprint density at radius 2 is 1.53 bits per heavy atom. The van der Waals surface area contributed by atoms with Crippen LogP contribution in [0.4, 0.5) is 0 Å². The first-order valence-corrected chi connectivity index (χ1v) is 8.23. The molecular weight excluding hydrogens is 232 g/mol. The molecule has 0 saturated heterocycles. The van der Waals surface area contributed by atoms with E-state index in [1.165, 1.54) is 69.9 Å². The number of aromatic nitrogens is 2. The molecule has 0 aromatic carbocycles. The van der Waals surface area contributed by atoms with Crippen molar-refractivity contribution < 1.29 is 0 Å². The summed E-state index contributed by atoms with van der Waals surface area (Å²) in [6.45, 7) is 2.36. The van der Waals surface area contributed by atoms with E-state index in [0.29, 0.717) is 0 Å². The predicted molar refractivity (Wildman–Crippen MR) is 81.3 cm³/mol. The van der Waals surface area contributed by atoms with Gasteiger partial charge in [0.25, 0.3) is 0 Å². The van der Waals surface area contributed by atoms with Crippen LogP contribution in [0.1, 0.15) is 82.7 Å². The highest BCUT2D eigenvalue weighted by Gasteiger charge is 2.16. The molecule has 2 heteroatoms. The number of hydrogen-bond acceptors (Lipinski definition) is 1. The van der Waals surface area contributed by atoms with Crippen LogP contribution < -0.4 is 0 Å². The lowest BCUT2D eigenvalue weighted by molar-refractivity contribution is 0.385. The molecule has 0 spiro atoms. The highest BCUT2D eigenvalue weighted by Crippen LogP contribution is 2.31. The molecule has 0 aliphatic heterocycles. The van der Waals surface area contributed by atoms with Crippen molar-refractivity contribution in [2.45, 2.75) is 77.0 Å². The zero-order chi connectivity index (χ0) is 13.5. The zero-order valence-electron chi connectivity index (χ0n) is 12.8. The Kier molecular flexibility index (Phi) is 5.93. The maximum absolute atomic E-state index is 4.40. The molecule has 0 bridgehead atoms. The molecule has 0 N–H and O–H groups in total. The quantitative estimate of drug-likeness (QED) is 0.692. The van der Waals surface area contributed by atoms with Gasteiger partial charge in [-0.15, -0.1) is 0 Å². The van der Waals surface area contributed by atoms with Crippen molar-refractivity contribution in [3.63, 3.8) is 0 Å². The third kappa shape index (κ3) is 5.00. The minimum Gasteiger partial charge on any atom is -0.340 e. The van der Waals surface area contributed by atoms with Crippen molar-refractivity contribution in [1.82, 2.24) is 9.55 Å². The molecule has 3 rings (SSSR count). The number of rotatable bonds is 1. The summed E-state index contributed by atoms with van der Waals surface area (Å²) in [5.74, 6) is 1.79. The first-order valence-electron chi connectivity index (χ1n) is 8.23. The van der Waals surface area contributed by atoms with Crippen molar-refractivity contribution >= 4 is 0 Å². The lowest BCUT2D eigenvalue weighted by atomic mass is 9.87. The van der Waals surface area contributed by atoms with Gasteiger partial charge in [0.15, 0.2) is 0 Å². The molecule has 108 valence electrons. The maximum atomic E-state index is 4.40. The SMILES string of the molecule is CC1CCCCC1.Cn1cnc(C2CCCCC2)c1. The maximum Gasteiger partial charge on any atom is 0.0946 e. The summed E-state index contributed by atoms with van der Waals surface area (Å²) >= 11 is 0. The second-order valence-electron chi connectivity index (χ2n) is 6.54. The molecular formula is C17H30N2. The molecule has 0 atom stereocenters. The first-order chi connectivity index (χ1) is 9.25. The summed E-state index contributed by atoms with van der Waals surface area (Å²) < 4.78 is 2.05. The van der Waals surface area contributed by atoms with Crippen molar-refractivity contribution in [1.29, 1.82) is 0 Å². The van der Waals surface area contributed by atoms with Gasteiger partial charge in [0.2, 0.25) is 0 Å². The van der Waals surface area contributed by atoms with E-state index in [2.05, 4.69) is 18.1 Å². The van der Waals surface area contributed by atoms with Gasteiger partial charge in [-0.3, -0.25) is 0 Å². The second-order valence-corrected chi connectivity index (χ2v) is 6.54. The standard InChI is InChI=1S/C10H16N2.C7H14/c1-12-7-10(11-8-12)9-5-3-2-4-6-9;1-7-5-3-2-4-6-7/h7-9H,2-6H2,1H3;7H,2-6H2,1H3. The van der Waals surface area contributed by atoms with Crippen LogP contribution in [0.3, 0.4) is 0 Å². The van der Waals surface area contributed by atoms with Crippen molar-refractivity contribution in [3.05, 3.63) is 18.2 Å². The molecule has 1 aromatic heterocycles. The van der Waals surface area contributed by atoms with E-state index in [1.54, 1.807) is 0 Å². The molecule has 1 heterocycles. The number of aryl methyl sites for hydroxylation is 1. The molecule has 2 saturated carbocycles. The normalized spacial score (nSPS) is 21.8. The van der Waals surface area contributed by atoms with Crippen LogP contribution in [0.5, 0.6) is 0 Å². The van der Waals surface area contributed by atoms with Gasteiger partial charge in [0.05, 0.1) is 12.0 Å². The summed E-state index contributed by atoms with van der Waals surface area (Å²) in [4.78, 5) is 4.40. The van der Waals surface area contributed by atoms with Crippen molar-refractivity contribution in [3.8, 4) is 0 Å². The third-order valence-electron chi connectivity index (χ3n) is 4.64. The van der Waals surface area contributed by atoms with E-state index in [0.717, 1.165) is 11.8 Å². The topological polar surface area (TPSA) is 17.8 Å². The molecule has 2 nitrogen and oxygen atoms in total. The Morgan fingerprint density at radius 3 is 1.95 bits per heavy atom. The Bertz CT molecular complexity index is 344. The predicted octanol–water partition coefficient (Wildman–Crippen LogP) is 5.05. The van der Waals surface area contributed by atoms with E-state index < -0.39 is 0 Å². The Balaban J connectivity index is 0.000000163. The van der Waals surface area contributed by atoms with Gasteiger partial charge in [-0.2, -0.15) is 0 Å². The number of imidazole rings is 1. The van der Waals surface area contributed by atoms with Gasteiger partial charge in [0, 0.05) is 19.2 Å². The fraction of sp³-hybridized carbons (Fsp3) is 0.824. The zero-order valence-corrected chi connectivity index (χ0v) is 12.8. The molecule has 1 aromatic rings. The minimum absolute atomic E-state index is 0.750.